The second-order valence-electron chi connectivity index (χ2n) is 3.06. The third-order valence-corrected chi connectivity index (χ3v) is 2.08. The molecule has 0 aliphatic heterocycles. The average Bonchev–Trinajstić information content (AvgIpc) is 2.32. The molecule has 0 amide bonds. The standard InChI is InChI=1S/C6H6O.C4H10NOP.C2H6O/c7-6-4-2-1-3-5-6;1-4(3-6)5-7-2;1-3-2/h1-5,7H;3-5,7H,1-2H3;1-2H3/t;4-;/m.0./s1. The van der Waals surface area contributed by atoms with Crippen LogP contribution in [-0.2, 0) is 9.53 Å². The number of benzene rings is 1. The Morgan fingerprint density at radius 2 is 1.82 bits per heavy atom. The van der Waals surface area contributed by atoms with Crippen molar-refractivity contribution in [3.8, 4) is 5.75 Å². The zero-order valence-corrected chi connectivity index (χ0v) is 11.8. The molecule has 17 heavy (non-hydrogen) atoms. The van der Waals surface area contributed by atoms with Gasteiger partial charge in [-0.05, 0) is 25.7 Å². The maximum Gasteiger partial charge on any atom is 0.136 e. The molecule has 1 unspecified atom stereocenters. The van der Waals surface area contributed by atoms with Crippen LogP contribution in [0, 0.1) is 0 Å². The molecular formula is C12H22NO3P. The maximum absolute atomic E-state index is 9.84. The molecule has 0 fully saturated rings. The van der Waals surface area contributed by atoms with Gasteiger partial charge in [-0.25, -0.2) is 0 Å². The van der Waals surface area contributed by atoms with Crippen molar-refractivity contribution in [3.63, 3.8) is 0 Å². The molecule has 1 aromatic rings. The second kappa shape index (κ2) is 15.0. The van der Waals surface area contributed by atoms with E-state index in [0.717, 1.165) is 6.29 Å². The van der Waals surface area contributed by atoms with E-state index in [1.54, 1.807) is 38.5 Å². The number of aromatic hydroxyl groups is 1. The van der Waals surface area contributed by atoms with E-state index >= 15 is 0 Å². The summed E-state index contributed by atoms with van der Waals surface area (Å²) in [7, 11) is 3.91. The number of aldehydes is 1. The molecule has 0 heterocycles. The highest BCUT2D eigenvalue weighted by Crippen LogP contribution is 2.02. The van der Waals surface area contributed by atoms with Crippen LogP contribution in [0.15, 0.2) is 30.3 Å². The summed E-state index contributed by atoms with van der Waals surface area (Å²) < 4.78 is 4.25. The molecule has 0 saturated heterocycles. The molecule has 0 radical (unpaired) electrons. The molecule has 1 rings (SSSR count). The zero-order valence-electron chi connectivity index (χ0n) is 10.8. The van der Waals surface area contributed by atoms with E-state index in [0.29, 0.717) is 14.5 Å². The number of rotatable bonds is 3. The molecule has 0 bridgehead atoms. The molecule has 1 aromatic carbocycles. The van der Waals surface area contributed by atoms with Gasteiger partial charge in [0.1, 0.15) is 12.0 Å². The highest BCUT2D eigenvalue weighted by molar-refractivity contribution is 7.34. The van der Waals surface area contributed by atoms with E-state index in [9.17, 15) is 4.79 Å². The molecule has 0 aliphatic rings. The number of ether oxygens (including phenoxy) is 1. The molecule has 5 heteroatoms. The van der Waals surface area contributed by atoms with Crippen molar-refractivity contribution in [2.75, 3.05) is 20.9 Å². The van der Waals surface area contributed by atoms with Crippen LogP contribution < -0.4 is 5.09 Å². The fraction of sp³-hybridized carbons (Fsp3) is 0.417. The molecule has 0 spiro atoms. The topological polar surface area (TPSA) is 58.6 Å². The lowest BCUT2D eigenvalue weighted by molar-refractivity contribution is -0.108. The van der Waals surface area contributed by atoms with Crippen molar-refractivity contribution < 1.29 is 14.6 Å². The van der Waals surface area contributed by atoms with Crippen LogP contribution in [0.5, 0.6) is 5.75 Å². The van der Waals surface area contributed by atoms with E-state index in [1.807, 2.05) is 19.7 Å². The molecule has 2 N–H and O–H groups in total. The van der Waals surface area contributed by atoms with Gasteiger partial charge in [-0.3, -0.25) is 5.09 Å². The summed E-state index contributed by atoms with van der Waals surface area (Å²) in [5.74, 6) is 0.322. The van der Waals surface area contributed by atoms with E-state index in [-0.39, 0.29) is 6.04 Å². The predicted molar refractivity (Wildman–Crippen MR) is 73.9 cm³/mol. The number of hydrogen-bond donors (Lipinski definition) is 2. The first-order valence-corrected chi connectivity index (χ1v) is 6.64. The number of phenols is 1. The molecule has 4 nitrogen and oxygen atoms in total. The number of hydrogen-bond acceptors (Lipinski definition) is 4. The SMILES string of the molecule is COC.CPN[C@@H](C)C=O.Oc1ccccc1. The van der Waals surface area contributed by atoms with Gasteiger partial charge >= 0.3 is 0 Å². The van der Waals surface area contributed by atoms with Crippen LogP contribution in [0.4, 0.5) is 0 Å². The number of methoxy groups -OCH3 is 1. The average molecular weight is 259 g/mol. The molecule has 0 aromatic heterocycles. The monoisotopic (exact) mass is 259 g/mol. The molecule has 0 saturated carbocycles. The van der Waals surface area contributed by atoms with Crippen molar-refractivity contribution >= 4 is 15.0 Å². The quantitative estimate of drug-likeness (QED) is 0.644. The highest BCUT2D eigenvalue weighted by Gasteiger charge is 1.90. The number of para-hydroxylation sites is 1. The van der Waals surface area contributed by atoms with Gasteiger partial charge in [-0.2, -0.15) is 0 Å². The lowest BCUT2D eigenvalue weighted by atomic mass is 10.3. The lowest BCUT2D eigenvalue weighted by Gasteiger charge is -1.99. The first-order chi connectivity index (χ1) is 8.12. The Morgan fingerprint density at radius 1 is 1.35 bits per heavy atom. The largest absolute Gasteiger partial charge is 0.508 e. The minimum absolute atomic E-state index is 0.0309. The highest BCUT2D eigenvalue weighted by atomic mass is 31.1. The number of phenolic OH excluding ortho intramolecular Hbond substituents is 1. The normalized spacial score (nSPS) is 10.8. The Balaban J connectivity index is 0. The summed E-state index contributed by atoms with van der Waals surface area (Å²) in [6.07, 6.45) is 0.899. The van der Waals surface area contributed by atoms with Gasteiger partial charge < -0.3 is 14.6 Å². The molecule has 2 atom stereocenters. The predicted octanol–water partition coefficient (Wildman–Crippen LogP) is 2.04. The van der Waals surface area contributed by atoms with Crippen LogP contribution in [0.1, 0.15) is 6.92 Å². The number of carbonyl (C=O) groups is 1. The summed E-state index contributed by atoms with van der Waals surface area (Å²) in [6.45, 7) is 3.84. The smallest absolute Gasteiger partial charge is 0.136 e. The van der Waals surface area contributed by atoms with Crippen molar-refractivity contribution in [1.82, 2.24) is 5.09 Å². The van der Waals surface area contributed by atoms with Gasteiger partial charge in [0, 0.05) is 14.2 Å². The minimum Gasteiger partial charge on any atom is -0.508 e. The minimum atomic E-state index is 0.0309. The van der Waals surface area contributed by atoms with Crippen molar-refractivity contribution in [2.24, 2.45) is 0 Å². The van der Waals surface area contributed by atoms with E-state index in [1.165, 1.54) is 0 Å². The van der Waals surface area contributed by atoms with Gasteiger partial charge in [0.25, 0.3) is 0 Å². The van der Waals surface area contributed by atoms with Crippen LogP contribution in [-0.4, -0.2) is 38.3 Å². The fourth-order valence-corrected chi connectivity index (χ4v) is 1.21. The van der Waals surface area contributed by atoms with Crippen LogP contribution >= 0.6 is 8.73 Å². The molecular weight excluding hydrogens is 237 g/mol. The van der Waals surface area contributed by atoms with Crippen molar-refractivity contribution in [1.29, 1.82) is 0 Å². The number of carbonyl (C=O) groups excluding carboxylic acids is 1. The van der Waals surface area contributed by atoms with E-state index in [4.69, 9.17) is 5.11 Å². The van der Waals surface area contributed by atoms with E-state index < -0.39 is 0 Å². The Morgan fingerprint density at radius 3 is 2.00 bits per heavy atom. The van der Waals surface area contributed by atoms with Crippen molar-refractivity contribution in [2.45, 2.75) is 13.0 Å². The Kier molecular flexibility index (Phi) is 16.3. The van der Waals surface area contributed by atoms with Gasteiger partial charge in [0.2, 0.25) is 0 Å². The zero-order chi connectivity index (χ0) is 13.5. The summed E-state index contributed by atoms with van der Waals surface area (Å²) in [5, 5.41) is 11.6. The van der Waals surface area contributed by atoms with Gasteiger partial charge in [-0.15, -0.1) is 0 Å². The maximum atomic E-state index is 9.84. The van der Waals surface area contributed by atoms with Crippen LogP contribution in [0.3, 0.4) is 0 Å². The Bertz CT molecular complexity index is 257. The molecule has 98 valence electrons. The first kappa shape index (κ1) is 18.4. The summed E-state index contributed by atoms with van der Waals surface area (Å²) in [6, 6.07) is 8.74. The summed E-state index contributed by atoms with van der Waals surface area (Å²) >= 11 is 0. The lowest BCUT2D eigenvalue weighted by Crippen LogP contribution is -2.17. The van der Waals surface area contributed by atoms with Crippen LogP contribution in [0.25, 0.3) is 0 Å². The van der Waals surface area contributed by atoms with Crippen molar-refractivity contribution in [3.05, 3.63) is 30.3 Å². The second-order valence-corrected chi connectivity index (χ2v) is 3.85. The third kappa shape index (κ3) is 17.6. The van der Waals surface area contributed by atoms with Crippen LogP contribution in [0.2, 0.25) is 0 Å². The third-order valence-electron chi connectivity index (χ3n) is 1.33. The van der Waals surface area contributed by atoms with E-state index in [2.05, 4.69) is 9.82 Å². The molecule has 0 aliphatic carbocycles. The Labute approximate surface area is 105 Å². The summed E-state index contributed by atoms with van der Waals surface area (Å²) in [5.41, 5.74) is 0. The van der Waals surface area contributed by atoms with Gasteiger partial charge in [0.05, 0.1) is 6.04 Å². The number of nitrogens with one attached hydrogen (secondary N) is 1. The van der Waals surface area contributed by atoms with Gasteiger partial charge in [0.15, 0.2) is 0 Å². The summed E-state index contributed by atoms with van der Waals surface area (Å²) in [4.78, 5) is 9.84. The Hall–Kier alpha value is -0.960. The fourth-order valence-electron chi connectivity index (χ4n) is 0.690. The van der Waals surface area contributed by atoms with Gasteiger partial charge in [-0.1, -0.05) is 26.9 Å². The first-order valence-electron chi connectivity index (χ1n) is 5.14.